The molecule has 0 bridgehead atoms. The van der Waals surface area contributed by atoms with Crippen LogP contribution in [0, 0.1) is 6.92 Å². The van der Waals surface area contributed by atoms with Crippen LogP contribution in [0.3, 0.4) is 0 Å². The molecule has 9 heteroatoms. The third-order valence-electron chi connectivity index (χ3n) is 6.35. The van der Waals surface area contributed by atoms with Crippen molar-refractivity contribution in [3.05, 3.63) is 64.8 Å². The van der Waals surface area contributed by atoms with Crippen LogP contribution in [-0.2, 0) is 20.8 Å². The standard InChI is InChI=1S/C25H22N4O5/c1-13-15(16-4-2-3-5-19(16)26-13)8-10-21(30)27-14-6-7-17-18(12-14)25(34)29(24(17)33)20-9-11-22(31)28-23(20)32/h2-7,12,20,26H,8-11H2,1H3,(H,27,30)(H,28,31,32). The van der Waals surface area contributed by atoms with Gasteiger partial charge in [0.2, 0.25) is 17.7 Å². The van der Waals surface area contributed by atoms with Gasteiger partial charge in [-0.1, -0.05) is 18.2 Å². The lowest BCUT2D eigenvalue weighted by Crippen LogP contribution is -2.54. The quantitative estimate of drug-likeness (QED) is 0.506. The number of aromatic nitrogens is 1. The zero-order valence-electron chi connectivity index (χ0n) is 18.4. The first kappa shape index (κ1) is 21.6. The molecule has 5 rings (SSSR count). The number of rotatable bonds is 5. The summed E-state index contributed by atoms with van der Waals surface area (Å²) in [7, 11) is 0. The van der Waals surface area contributed by atoms with E-state index in [1.165, 1.54) is 12.1 Å². The number of carbonyl (C=O) groups excluding carboxylic acids is 5. The number of piperidine rings is 1. The van der Waals surface area contributed by atoms with E-state index < -0.39 is 29.7 Å². The Bertz CT molecular complexity index is 1390. The van der Waals surface area contributed by atoms with Crippen molar-refractivity contribution >= 4 is 46.1 Å². The normalized spacial score (nSPS) is 17.8. The zero-order chi connectivity index (χ0) is 24.0. The lowest BCUT2D eigenvalue weighted by atomic mass is 10.0. The lowest BCUT2D eigenvalue weighted by molar-refractivity contribution is -0.136. The average molecular weight is 458 g/mol. The van der Waals surface area contributed by atoms with Crippen LogP contribution in [0.5, 0.6) is 0 Å². The molecular formula is C25H22N4O5. The number of hydrogen-bond acceptors (Lipinski definition) is 5. The van der Waals surface area contributed by atoms with Crippen molar-refractivity contribution in [3.63, 3.8) is 0 Å². The molecule has 2 aliphatic heterocycles. The number of amides is 5. The fraction of sp³-hybridized carbons (Fsp3) is 0.240. The second kappa shape index (κ2) is 8.26. The SMILES string of the molecule is Cc1[nH]c2ccccc2c1CCC(=O)Nc1ccc2c(c1)C(=O)N(C1CCC(=O)NC1=O)C2=O. The Morgan fingerprint density at radius 2 is 1.82 bits per heavy atom. The van der Waals surface area contributed by atoms with Crippen LogP contribution in [0.2, 0.25) is 0 Å². The number of anilines is 1. The first-order valence-electron chi connectivity index (χ1n) is 11.0. The molecule has 0 saturated carbocycles. The summed E-state index contributed by atoms with van der Waals surface area (Å²) in [5, 5.41) is 6.05. The van der Waals surface area contributed by atoms with E-state index in [2.05, 4.69) is 15.6 Å². The summed E-state index contributed by atoms with van der Waals surface area (Å²) in [6.45, 7) is 1.98. The molecule has 3 N–H and O–H groups in total. The van der Waals surface area contributed by atoms with E-state index in [4.69, 9.17) is 0 Å². The van der Waals surface area contributed by atoms with Gasteiger partial charge in [0.1, 0.15) is 6.04 Å². The summed E-state index contributed by atoms with van der Waals surface area (Å²) in [5.74, 6) is -2.50. The van der Waals surface area contributed by atoms with Crippen LogP contribution in [0.4, 0.5) is 5.69 Å². The van der Waals surface area contributed by atoms with E-state index in [1.807, 2.05) is 31.2 Å². The van der Waals surface area contributed by atoms with Crippen molar-refractivity contribution in [2.45, 2.75) is 38.6 Å². The van der Waals surface area contributed by atoms with Gasteiger partial charge in [0.25, 0.3) is 11.8 Å². The molecule has 1 aromatic heterocycles. The van der Waals surface area contributed by atoms with Gasteiger partial charge >= 0.3 is 0 Å². The zero-order valence-corrected chi connectivity index (χ0v) is 18.4. The van der Waals surface area contributed by atoms with Gasteiger partial charge in [-0.25, -0.2) is 0 Å². The van der Waals surface area contributed by atoms with Crippen LogP contribution >= 0.6 is 0 Å². The average Bonchev–Trinajstić information content (AvgIpc) is 3.25. The number of H-pyrrole nitrogens is 1. The maximum Gasteiger partial charge on any atom is 0.262 e. The summed E-state index contributed by atoms with van der Waals surface area (Å²) in [5.41, 5.74) is 3.81. The molecule has 0 aliphatic carbocycles. The minimum Gasteiger partial charge on any atom is -0.358 e. The number of fused-ring (bicyclic) bond motifs is 2. The number of para-hydroxylation sites is 1. The summed E-state index contributed by atoms with van der Waals surface area (Å²) in [6, 6.07) is 11.4. The number of nitrogens with one attached hydrogen (secondary N) is 3. The Labute approximate surface area is 194 Å². The highest BCUT2D eigenvalue weighted by atomic mass is 16.2. The van der Waals surface area contributed by atoms with Crippen molar-refractivity contribution in [3.8, 4) is 0 Å². The first-order chi connectivity index (χ1) is 16.3. The Kier molecular flexibility index (Phi) is 5.24. The fourth-order valence-electron chi connectivity index (χ4n) is 4.67. The molecular weight excluding hydrogens is 436 g/mol. The lowest BCUT2D eigenvalue weighted by Gasteiger charge is -2.27. The van der Waals surface area contributed by atoms with Crippen LogP contribution in [0.15, 0.2) is 42.5 Å². The highest BCUT2D eigenvalue weighted by Crippen LogP contribution is 2.30. The third-order valence-corrected chi connectivity index (χ3v) is 6.35. The number of carbonyl (C=O) groups is 5. The minimum atomic E-state index is -1.03. The van der Waals surface area contributed by atoms with Crippen LogP contribution in [-0.4, -0.2) is 45.5 Å². The van der Waals surface area contributed by atoms with E-state index in [-0.39, 0.29) is 36.3 Å². The predicted molar refractivity (Wildman–Crippen MR) is 123 cm³/mol. The smallest absolute Gasteiger partial charge is 0.262 e. The molecule has 0 radical (unpaired) electrons. The Morgan fingerprint density at radius 1 is 1.06 bits per heavy atom. The molecule has 172 valence electrons. The first-order valence-corrected chi connectivity index (χ1v) is 11.0. The molecule has 5 amide bonds. The van der Waals surface area contributed by atoms with Crippen molar-refractivity contribution in [2.75, 3.05) is 5.32 Å². The largest absolute Gasteiger partial charge is 0.358 e. The molecule has 1 saturated heterocycles. The van der Waals surface area contributed by atoms with E-state index in [0.29, 0.717) is 12.1 Å². The number of hydrogen-bond donors (Lipinski definition) is 3. The molecule has 9 nitrogen and oxygen atoms in total. The van der Waals surface area contributed by atoms with Crippen molar-refractivity contribution in [1.82, 2.24) is 15.2 Å². The van der Waals surface area contributed by atoms with Gasteiger partial charge in [-0.15, -0.1) is 0 Å². The minimum absolute atomic E-state index is 0.0566. The summed E-state index contributed by atoms with van der Waals surface area (Å²) in [6.07, 6.45) is 0.941. The molecule has 0 spiro atoms. The number of aryl methyl sites for hydroxylation is 2. The van der Waals surface area contributed by atoms with E-state index in [1.54, 1.807) is 6.07 Å². The van der Waals surface area contributed by atoms with Gasteiger partial charge in [-0.3, -0.25) is 34.2 Å². The summed E-state index contributed by atoms with van der Waals surface area (Å²) >= 11 is 0. The van der Waals surface area contributed by atoms with Gasteiger partial charge in [-0.05, 0) is 49.6 Å². The summed E-state index contributed by atoms with van der Waals surface area (Å²) < 4.78 is 0. The second-order valence-electron chi connectivity index (χ2n) is 8.53. The summed E-state index contributed by atoms with van der Waals surface area (Å²) in [4.78, 5) is 66.2. The topological polar surface area (TPSA) is 128 Å². The van der Waals surface area contributed by atoms with Crippen LogP contribution < -0.4 is 10.6 Å². The van der Waals surface area contributed by atoms with Gasteiger partial charge < -0.3 is 10.3 Å². The van der Waals surface area contributed by atoms with E-state index >= 15 is 0 Å². The van der Waals surface area contributed by atoms with Gasteiger partial charge in [0.05, 0.1) is 11.1 Å². The monoisotopic (exact) mass is 458 g/mol. The van der Waals surface area contributed by atoms with Crippen LogP contribution in [0.25, 0.3) is 10.9 Å². The number of aromatic amines is 1. The second-order valence-corrected chi connectivity index (χ2v) is 8.53. The van der Waals surface area contributed by atoms with Crippen molar-refractivity contribution < 1.29 is 24.0 Å². The molecule has 3 heterocycles. The fourth-order valence-corrected chi connectivity index (χ4v) is 4.67. The molecule has 2 aromatic carbocycles. The maximum atomic E-state index is 12.9. The predicted octanol–water partition coefficient (Wildman–Crippen LogP) is 2.45. The molecule has 34 heavy (non-hydrogen) atoms. The molecule has 1 fully saturated rings. The van der Waals surface area contributed by atoms with Gasteiger partial charge in [0, 0.05) is 35.1 Å². The van der Waals surface area contributed by atoms with Crippen LogP contribution in [0.1, 0.15) is 51.2 Å². The Hall–Kier alpha value is -4.27. The molecule has 1 unspecified atom stereocenters. The number of benzene rings is 2. The highest BCUT2D eigenvalue weighted by molar-refractivity contribution is 6.24. The Morgan fingerprint density at radius 3 is 2.62 bits per heavy atom. The molecule has 2 aliphatic rings. The maximum absolute atomic E-state index is 12.9. The van der Waals surface area contributed by atoms with E-state index in [0.717, 1.165) is 27.1 Å². The highest BCUT2D eigenvalue weighted by Gasteiger charge is 2.44. The van der Waals surface area contributed by atoms with E-state index in [9.17, 15) is 24.0 Å². The van der Waals surface area contributed by atoms with Crippen molar-refractivity contribution in [1.29, 1.82) is 0 Å². The number of imide groups is 2. The molecule has 3 aromatic rings. The van der Waals surface area contributed by atoms with Crippen molar-refractivity contribution in [2.24, 2.45) is 0 Å². The van der Waals surface area contributed by atoms with Gasteiger partial charge in [0.15, 0.2) is 0 Å². The third kappa shape index (κ3) is 3.64. The Balaban J connectivity index is 1.29. The van der Waals surface area contributed by atoms with Gasteiger partial charge in [-0.2, -0.15) is 0 Å². The number of nitrogens with zero attached hydrogens (tertiary/aromatic N) is 1. The molecule has 1 atom stereocenters.